The summed E-state index contributed by atoms with van der Waals surface area (Å²) in [6.45, 7) is 6.23. The van der Waals surface area contributed by atoms with Crippen molar-refractivity contribution >= 4 is 28.2 Å². The van der Waals surface area contributed by atoms with E-state index in [1.54, 1.807) is 0 Å². The van der Waals surface area contributed by atoms with Gasteiger partial charge in [0.05, 0.1) is 11.2 Å². The van der Waals surface area contributed by atoms with Gasteiger partial charge >= 0.3 is 0 Å². The van der Waals surface area contributed by atoms with Crippen LogP contribution in [0.25, 0.3) is 22.2 Å². The van der Waals surface area contributed by atoms with E-state index in [9.17, 15) is 0 Å². The second kappa shape index (κ2) is 8.31. The largest absolute Gasteiger partial charge is 0.362 e. The molecule has 0 bridgehead atoms. The monoisotopic (exact) mass is 442 g/mol. The third-order valence-corrected chi connectivity index (χ3v) is 6.59. The van der Waals surface area contributed by atoms with E-state index in [0.717, 1.165) is 40.9 Å². The zero-order chi connectivity index (χ0) is 23.1. The van der Waals surface area contributed by atoms with Gasteiger partial charge < -0.3 is 10.2 Å². The van der Waals surface area contributed by atoms with Gasteiger partial charge in [-0.25, -0.2) is 9.97 Å². The summed E-state index contributed by atoms with van der Waals surface area (Å²) in [5.74, 6) is 0.613. The van der Waals surface area contributed by atoms with Gasteiger partial charge in [-0.05, 0) is 54.3 Å². The molecule has 1 N–H and O–H groups in total. The fraction of sp³-hybridized carbons (Fsp3) is 0.133. The lowest BCUT2D eigenvalue weighted by molar-refractivity contribution is 0.869. The van der Waals surface area contributed by atoms with E-state index in [-0.39, 0.29) is 0 Å². The lowest BCUT2D eigenvalue weighted by Gasteiger charge is -2.22. The van der Waals surface area contributed by atoms with Gasteiger partial charge in [0.2, 0.25) is 5.95 Å². The van der Waals surface area contributed by atoms with Gasteiger partial charge in [-0.1, -0.05) is 72.8 Å². The van der Waals surface area contributed by atoms with Crippen LogP contribution >= 0.6 is 0 Å². The Balaban J connectivity index is 1.33. The Hall–Kier alpha value is -4.18. The summed E-state index contributed by atoms with van der Waals surface area (Å²) in [6, 6.07) is 31.6. The third kappa shape index (κ3) is 3.67. The number of benzene rings is 4. The number of aromatic nitrogens is 2. The second-order valence-electron chi connectivity index (χ2n) is 8.98. The van der Waals surface area contributed by atoms with Crippen molar-refractivity contribution in [2.45, 2.75) is 26.9 Å². The number of rotatable bonds is 4. The number of hydrogen-bond donors (Lipinski definition) is 1. The summed E-state index contributed by atoms with van der Waals surface area (Å²) < 4.78 is 0. The molecule has 4 heteroatoms. The minimum absolute atomic E-state index is 0.613. The molecule has 6 rings (SSSR count). The lowest BCUT2D eigenvalue weighted by Crippen LogP contribution is -2.16. The van der Waals surface area contributed by atoms with E-state index in [2.05, 4.69) is 78.7 Å². The van der Waals surface area contributed by atoms with Crippen molar-refractivity contribution in [3.05, 3.63) is 113 Å². The predicted octanol–water partition coefficient (Wildman–Crippen LogP) is 7.18. The third-order valence-electron chi connectivity index (χ3n) is 6.59. The van der Waals surface area contributed by atoms with Gasteiger partial charge in [0.1, 0.15) is 0 Å². The normalized spacial score (nSPS) is 12.7. The molecule has 0 atom stereocenters. The zero-order valence-electron chi connectivity index (χ0n) is 19.4. The van der Waals surface area contributed by atoms with Crippen LogP contribution in [0.2, 0.25) is 0 Å². The molecule has 4 nitrogen and oxygen atoms in total. The highest BCUT2D eigenvalue weighted by molar-refractivity contribution is 5.93. The minimum Gasteiger partial charge on any atom is -0.362 e. The Morgan fingerprint density at radius 3 is 2.26 bits per heavy atom. The molecule has 0 spiro atoms. The van der Waals surface area contributed by atoms with Gasteiger partial charge in [0, 0.05) is 35.4 Å². The first kappa shape index (κ1) is 20.4. The maximum absolute atomic E-state index is 4.91. The van der Waals surface area contributed by atoms with Gasteiger partial charge in [-0.15, -0.1) is 0 Å². The lowest BCUT2D eigenvalue weighted by atomic mass is 10.1. The summed E-state index contributed by atoms with van der Waals surface area (Å²) in [4.78, 5) is 12.2. The molecule has 0 fully saturated rings. The molecule has 0 saturated carbocycles. The minimum atomic E-state index is 0.613. The van der Waals surface area contributed by atoms with E-state index >= 15 is 0 Å². The molecule has 166 valence electrons. The van der Waals surface area contributed by atoms with Crippen LogP contribution in [0.3, 0.4) is 0 Å². The first-order chi connectivity index (χ1) is 16.7. The molecule has 2 heterocycles. The molecule has 5 aromatic rings. The molecule has 4 aromatic carbocycles. The van der Waals surface area contributed by atoms with E-state index in [0.29, 0.717) is 5.95 Å². The SMILES string of the molecule is Cc1cccc(C)c1N1Cc2ccc(Nc3nc(-c4ccccc4)c4ccccc4n3)cc2C1. The molecule has 1 aliphatic rings. The van der Waals surface area contributed by atoms with E-state index in [1.807, 2.05) is 36.4 Å². The Morgan fingerprint density at radius 1 is 0.706 bits per heavy atom. The van der Waals surface area contributed by atoms with Crippen molar-refractivity contribution in [3.8, 4) is 11.3 Å². The molecule has 1 aromatic heterocycles. The van der Waals surface area contributed by atoms with E-state index in [4.69, 9.17) is 9.97 Å². The molecule has 0 saturated heterocycles. The van der Waals surface area contributed by atoms with Crippen LogP contribution in [0, 0.1) is 13.8 Å². The van der Waals surface area contributed by atoms with E-state index in [1.165, 1.54) is 27.9 Å². The molecule has 0 radical (unpaired) electrons. The van der Waals surface area contributed by atoms with Crippen LogP contribution in [-0.4, -0.2) is 9.97 Å². The topological polar surface area (TPSA) is 41.0 Å². The van der Waals surface area contributed by atoms with Gasteiger partial charge in [0.15, 0.2) is 0 Å². The van der Waals surface area contributed by atoms with Crippen LogP contribution in [0.5, 0.6) is 0 Å². The Kier molecular flexibility index (Phi) is 4.99. The number of aryl methyl sites for hydroxylation is 2. The van der Waals surface area contributed by atoms with Crippen LogP contribution < -0.4 is 10.2 Å². The molecule has 0 amide bonds. The van der Waals surface area contributed by atoms with Gasteiger partial charge in [0.25, 0.3) is 0 Å². The van der Waals surface area contributed by atoms with Crippen LogP contribution in [0.4, 0.5) is 17.3 Å². The standard InChI is InChI=1S/C30H26N4/c1-20-9-8-10-21(2)29(20)34-18-23-15-16-25(17-24(23)19-34)31-30-32-27-14-7-6-13-26(27)28(33-30)22-11-4-3-5-12-22/h3-17H,18-19H2,1-2H3,(H,31,32,33). The quantitative estimate of drug-likeness (QED) is 0.320. The molecule has 0 aliphatic carbocycles. The van der Waals surface area contributed by atoms with Crippen molar-refractivity contribution in [1.82, 2.24) is 9.97 Å². The maximum atomic E-state index is 4.91. The summed E-state index contributed by atoms with van der Waals surface area (Å²) in [5, 5.41) is 4.53. The number of nitrogens with one attached hydrogen (secondary N) is 1. The molecular formula is C30H26N4. The zero-order valence-corrected chi connectivity index (χ0v) is 19.4. The molecule has 1 aliphatic heterocycles. The highest BCUT2D eigenvalue weighted by Gasteiger charge is 2.22. The van der Waals surface area contributed by atoms with Crippen LogP contribution in [0.1, 0.15) is 22.3 Å². The van der Waals surface area contributed by atoms with Crippen molar-refractivity contribution in [1.29, 1.82) is 0 Å². The number of nitrogens with zero attached hydrogens (tertiary/aromatic N) is 3. The average molecular weight is 443 g/mol. The summed E-state index contributed by atoms with van der Waals surface area (Å²) in [5.41, 5.74) is 10.7. The van der Waals surface area contributed by atoms with Crippen LogP contribution in [0.15, 0.2) is 91.0 Å². The smallest absolute Gasteiger partial charge is 0.228 e. The predicted molar refractivity (Wildman–Crippen MR) is 141 cm³/mol. The van der Waals surface area contributed by atoms with Crippen molar-refractivity contribution in [3.63, 3.8) is 0 Å². The van der Waals surface area contributed by atoms with Crippen molar-refractivity contribution < 1.29 is 0 Å². The summed E-state index contributed by atoms with van der Waals surface area (Å²) in [6.07, 6.45) is 0. The van der Waals surface area contributed by atoms with Crippen molar-refractivity contribution in [2.24, 2.45) is 0 Å². The maximum Gasteiger partial charge on any atom is 0.228 e. The Morgan fingerprint density at radius 2 is 1.44 bits per heavy atom. The first-order valence-electron chi connectivity index (χ1n) is 11.7. The van der Waals surface area contributed by atoms with Gasteiger partial charge in [-0.3, -0.25) is 0 Å². The van der Waals surface area contributed by atoms with Gasteiger partial charge in [-0.2, -0.15) is 0 Å². The number of hydrogen-bond acceptors (Lipinski definition) is 4. The summed E-state index contributed by atoms with van der Waals surface area (Å²) in [7, 11) is 0. The number of anilines is 3. The fourth-order valence-corrected chi connectivity index (χ4v) is 5.01. The van der Waals surface area contributed by atoms with E-state index < -0.39 is 0 Å². The fourth-order valence-electron chi connectivity index (χ4n) is 5.01. The molecule has 0 unspecified atom stereocenters. The highest BCUT2D eigenvalue weighted by atomic mass is 15.2. The average Bonchev–Trinajstić information content (AvgIpc) is 3.27. The molecular weight excluding hydrogens is 416 g/mol. The summed E-state index contributed by atoms with van der Waals surface area (Å²) >= 11 is 0. The number of para-hydroxylation sites is 2. The second-order valence-corrected chi connectivity index (χ2v) is 8.98. The van der Waals surface area contributed by atoms with Crippen LogP contribution in [-0.2, 0) is 13.1 Å². The molecule has 34 heavy (non-hydrogen) atoms. The first-order valence-corrected chi connectivity index (χ1v) is 11.7. The Labute approximate surface area is 199 Å². The highest BCUT2D eigenvalue weighted by Crippen LogP contribution is 2.34. The number of fused-ring (bicyclic) bond motifs is 2. The van der Waals surface area contributed by atoms with Crippen molar-refractivity contribution in [2.75, 3.05) is 10.2 Å². The Bertz CT molecular complexity index is 1490.